The van der Waals surface area contributed by atoms with E-state index in [0.29, 0.717) is 0 Å². The predicted octanol–water partition coefficient (Wildman–Crippen LogP) is -1.39. The molecule has 0 aromatic carbocycles. The van der Waals surface area contributed by atoms with E-state index in [9.17, 15) is 9.59 Å². The van der Waals surface area contributed by atoms with Crippen LogP contribution in [0.4, 0.5) is 9.59 Å². The van der Waals surface area contributed by atoms with Gasteiger partial charge in [0.15, 0.2) is 0 Å². The number of primary amides is 2. The van der Waals surface area contributed by atoms with Gasteiger partial charge in [0.1, 0.15) is 0 Å². The van der Waals surface area contributed by atoms with E-state index in [1.807, 2.05) is 0 Å². The zero-order chi connectivity index (χ0) is 7.98. The Balaban J connectivity index is 3.38. The van der Waals surface area contributed by atoms with Crippen molar-refractivity contribution in [3.63, 3.8) is 0 Å². The van der Waals surface area contributed by atoms with Crippen molar-refractivity contribution in [1.29, 1.82) is 0 Å². The fourth-order valence-electron chi connectivity index (χ4n) is 0.149. The summed E-state index contributed by atoms with van der Waals surface area (Å²) in [6, 6.07) is -1.76. The molecular formula is C2H6N6O2. The number of rotatable bonds is 2. The van der Waals surface area contributed by atoms with E-state index in [1.54, 1.807) is 10.9 Å². The molecule has 0 bridgehead atoms. The van der Waals surface area contributed by atoms with E-state index < -0.39 is 12.1 Å². The molecule has 0 unspecified atom stereocenters. The highest BCUT2D eigenvalue weighted by atomic mass is 16.2. The molecule has 0 aliphatic carbocycles. The number of carbonyl (C=O) groups is 2. The highest BCUT2D eigenvalue weighted by Crippen LogP contribution is 1.62. The van der Waals surface area contributed by atoms with Gasteiger partial charge in [0.05, 0.1) is 0 Å². The van der Waals surface area contributed by atoms with Crippen LogP contribution in [0.5, 0.6) is 0 Å². The van der Waals surface area contributed by atoms with E-state index in [-0.39, 0.29) is 0 Å². The zero-order valence-corrected chi connectivity index (χ0v) is 4.87. The summed E-state index contributed by atoms with van der Waals surface area (Å²) in [5.41, 5.74) is 12.6. The summed E-state index contributed by atoms with van der Waals surface area (Å²) in [6.45, 7) is 0. The lowest BCUT2D eigenvalue weighted by Gasteiger charge is -1.88. The predicted molar refractivity (Wildman–Crippen MR) is 30.3 cm³/mol. The van der Waals surface area contributed by atoms with E-state index in [4.69, 9.17) is 0 Å². The maximum absolute atomic E-state index is 9.86. The van der Waals surface area contributed by atoms with Crippen molar-refractivity contribution in [2.75, 3.05) is 0 Å². The molecule has 4 amide bonds. The molecule has 0 heterocycles. The lowest BCUT2D eigenvalue weighted by Crippen LogP contribution is -2.27. The number of nitrogens with zero attached hydrogens (tertiary/aromatic N) is 2. The van der Waals surface area contributed by atoms with Crippen LogP contribution in [0.25, 0.3) is 0 Å². The number of nitrogens with two attached hydrogens (primary N) is 2. The number of hydrogen-bond donors (Lipinski definition) is 4. The van der Waals surface area contributed by atoms with Gasteiger partial charge in [-0.05, 0) is 10.4 Å². The van der Waals surface area contributed by atoms with E-state index >= 15 is 0 Å². The fraction of sp³-hybridized carbons (Fsp3) is 0. The first kappa shape index (κ1) is 8.14. The Bertz CT molecular complexity index is 145. The Morgan fingerprint density at radius 2 is 1.30 bits per heavy atom. The minimum Gasteiger partial charge on any atom is -0.350 e. The molecule has 0 saturated carbocycles. The highest BCUT2D eigenvalue weighted by molar-refractivity contribution is 5.71. The van der Waals surface area contributed by atoms with Gasteiger partial charge < -0.3 is 11.5 Å². The van der Waals surface area contributed by atoms with Gasteiger partial charge in [-0.1, -0.05) is 0 Å². The second kappa shape index (κ2) is 4.06. The fourth-order valence-corrected chi connectivity index (χ4v) is 0.149. The summed E-state index contributed by atoms with van der Waals surface area (Å²) in [5, 5.41) is 5.80. The summed E-state index contributed by atoms with van der Waals surface area (Å²) >= 11 is 0. The van der Waals surface area contributed by atoms with E-state index in [0.717, 1.165) is 0 Å². The molecule has 0 aliphatic heterocycles. The van der Waals surface area contributed by atoms with Gasteiger partial charge in [0, 0.05) is 0 Å². The van der Waals surface area contributed by atoms with Gasteiger partial charge in [-0.2, -0.15) is 0 Å². The molecule has 6 N–H and O–H groups in total. The first-order valence-corrected chi connectivity index (χ1v) is 2.13. The zero-order valence-electron chi connectivity index (χ0n) is 4.87. The van der Waals surface area contributed by atoms with Crippen LogP contribution in [0, 0.1) is 0 Å². The molecule has 0 spiro atoms. The summed E-state index contributed by atoms with van der Waals surface area (Å²) in [6.07, 6.45) is 0. The van der Waals surface area contributed by atoms with Crippen LogP contribution in [0.15, 0.2) is 10.4 Å². The van der Waals surface area contributed by atoms with Crippen LogP contribution < -0.4 is 22.3 Å². The van der Waals surface area contributed by atoms with Crippen molar-refractivity contribution in [3.05, 3.63) is 0 Å². The number of hydrogen-bond acceptors (Lipinski definition) is 4. The average molecular weight is 146 g/mol. The minimum atomic E-state index is -0.880. The molecule has 0 saturated heterocycles. The Labute approximate surface area is 55.6 Å². The number of urea groups is 2. The van der Waals surface area contributed by atoms with E-state index in [2.05, 4.69) is 21.9 Å². The summed E-state index contributed by atoms with van der Waals surface area (Å²) < 4.78 is 0. The molecule has 0 atom stereocenters. The average Bonchev–Trinajstić information content (AvgIpc) is 1.79. The van der Waals surface area contributed by atoms with Gasteiger partial charge >= 0.3 is 12.1 Å². The van der Waals surface area contributed by atoms with E-state index in [1.165, 1.54) is 0 Å². The monoisotopic (exact) mass is 146 g/mol. The molecule has 0 rings (SSSR count). The lowest BCUT2D eigenvalue weighted by molar-refractivity contribution is 0.244. The third-order valence-corrected chi connectivity index (χ3v) is 0.370. The van der Waals surface area contributed by atoms with Crippen LogP contribution in [0.2, 0.25) is 0 Å². The van der Waals surface area contributed by atoms with Crippen molar-refractivity contribution in [2.24, 2.45) is 21.9 Å². The molecule has 8 nitrogen and oxygen atoms in total. The molecule has 0 radical (unpaired) electrons. The topological polar surface area (TPSA) is 135 Å². The number of nitrogens with one attached hydrogen (secondary N) is 2. The van der Waals surface area contributed by atoms with Crippen LogP contribution >= 0.6 is 0 Å². The third-order valence-electron chi connectivity index (χ3n) is 0.370. The third kappa shape index (κ3) is 6.14. The van der Waals surface area contributed by atoms with Crippen molar-refractivity contribution in [1.82, 2.24) is 10.9 Å². The normalized spacial score (nSPS) is 9.20. The first-order chi connectivity index (χ1) is 4.63. The van der Waals surface area contributed by atoms with Crippen molar-refractivity contribution >= 4 is 12.1 Å². The Morgan fingerprint density at radius 1 is 1.00 bits per heavy atom. The SMILES string of the molecule is NC(=O)N/N=N/NC(N)=O. The van der Waals surface area contributed by atoms with Crippen LogP contribution in [0.1, 0.15) is 0 Å². The first-order valence-electron chi connectivity index (χ1n) is 2.13. The molecule has 0 fully saturated rings. The molecule has 0 aliphatic rings. The molecule has 8 heteroatoms. The smallest absolute Gasteiger partial charge is 0.333 e. The Morgan fingerprint density at radius 3 is 1.50 bits per heavy atom. The second-order valence-corrected chi connectivity index (χ2v) is 1.15. The Kier molecular flexibility index (Phi) is 3.31. The maximum Gasteiger partial charge on any atom is 0.333 e. The van der Waals surface area contributed by atoms with Crippen LogP contribution in [-0.2, 0) is 0 Å². The lowest BCUT2D eigenvalue weighted by atomic mass is 11.1. The quantitative estimate of drug-likeness (QED) is 0.281. The summed E-state index contributed by atoms with van der Waals surface area (Å²) in [4.78, 5) is 19.7. The standard InChI is InChI=1S/C2H6N6O2/c3-1(9)5-7-8-6-2(4)10/h(H3,3,5,8,9)(H3,4,6,7,10). The maximum atomic E-state index is 9.86. The van der Waals surface area contributed by atoms with Crippen LogP contribution in [-0.4, -0.2) is 12.1 Å². The molecular weight excluding hydrogens is 140 g/mol. The number of carbonyl (C=O) groups excluding carboxylic acids is 2. The van der Waals surface area contributed by atoms with Crippen molar-refractivity contribution < 1.29 is 9.59 Å². The van der Waals surface area contributed by atoms with Crippen molar-refractivity contribution in [3.8, 4) is 0 Å². The second-order valence-electron chi connectivity index (χ2n) is 1.15. The van der Waals surface area contributed by atoms with Crippen molar-refractivity contribution in [2.45, 2.75) is 0 Å². The molecule has 0 aromatic rings. The number of amides is 4. The Hall–Kier alpha value is -1.86. The molecule has 0 aromatic heterocycles. The van der Waals surface area contributed by atoms with Gasteiger partial charge in [-0.25, -0.2) is 20.4 Å². The largest absolute Gasteiger partial charge is 0.350 e. The molecule has 56 valence electrons. The van der Waals surface area contributed by atoms with Crippen LogP contribution in [0.3, 0.4) is 0 Å². The van der Waals surface area contributed by atoms with Gasteiger partial charge in [0.25, 0.3) is 0 Å². The highest BCUT2D eigenvalue weighted by Gasteiger charge is 1.85. The summed E-state index contributed by atoms with van der Waals surface area (Å²) in [5.74, 6) is 0. The minimum absolute atomic E-state index is 0.880. The van der Waals surface area contributed by atoms with Gasteiger partial charge in [0.2, 0.25) is 0 Å². The summed E-state index contributed by atoms with van der Waals surface area (Å²) in [7, 11) is 0. The van der Waals surface area contributed by atoms with Gasteiger partial charge in [-0.3, -0.25) is 0 Å². The molecule has 10 heavy (non-hydrogen) atoms. The van der Waals surface area contributed by atoms with Gasteiger partial charge in [-0.15, -0.1) is 0 Å².